The predicted octanol–water partition coefficient (Wildman–Crippen LogP) is 14.5. The van der Waals surface area contributed by atoms with Crippen molar-refractivity contribution >= 4 is 40.2 Å². The number of rotatable bonds is 20. The maximum absolute atomic E-state index is 14.6. The number of hydrogen-bond acceptors (Lipinski definition) is 19. The molecule has 0 aliphatic carbocycles. The van der Waals surface area contributed by atoms with Crippen molar-refractivity contribution in [1.29, 1.82) is 0 Å². The zero-order valence-corrected chi connectivity index (χ0v) is 64.4. The maximum atomic E-state index is 14.6. The van der Waals surface area contributed by atoms with Gasteiger partial charge in [0.1, 0.15) is 69.4 Å². The number of imidazole rings is 3. The summed E-state index contributed by atoms with van der Waals surface area (Å²) in [4.78, 5) is 82.1. The first-order chi connectivity index (χ1) is 56.0. The van der Waals surface area contributed by atoms with E-state index in [4.69, 9.17) is 57.6 Å². The monoisotopic (exact) mass is 1560 g/mol. The van der Waals surface area contributed by atoms with Crippen molar-refractivity contribution in [2.24, 2.45) is 0 Å². The first-order valence-electron chi connectivity index (χ1n) is 36.8. The van der Waals surface area contributed by atoms with Crippen LogP contribution in [0.25, 0.3) is 50.3 Å². The SMILES string of the molecule is CC#CC(=O)N1CC[C@@H](c2nc(-c3ccc(Oc4cccc(OC)c4F)cc3)c3c(COC(C)=O)nccn23)C1.CC#CC(=O)N1CC[C@@H](c2nc(-c3ccc(Oc4cccc(OC)c4F)cc3)c3c(OC)nccn23)C1.CC#CC(=O)N1CC[C@@H](c2nc(-c3ccc(Oc4cccc(OC)c4F)cc3)c3c(OCC)nccn23)C1. The lowest BCUT2D eigenvalue weighted by Crippen LogP contribution is -2.27. The van der Waals surface area contributed by atoms with E-state index in [9.17, 15) is 32.3 Å². The Bertz CT molecular complexity index is 5820. The molecule has 0 N–H and O–H groups in total. The lowest BCUT2D eigenvalue weighted by atomic mass is 10.1. The highest BCUT2D eigenvalue weighted by Crippen LogP contribution is 2.42. The summed E-state index contributed by atoms with van der Waals surface area (Å²) in [6.07, 6.45) is 12.8. The van der Waals surface area contributed by atoms with Crippen LogP contribution in [0.4, 0.5) is 13.2 Å². The van der Waals surface area contributed by atoms with Gasteiger partial charge >= 0.3 is 5.97 Å². The van der Waals surface area contributed by atoms with Gasteiger partial charge in [-0.05, 0) is 174 Å². The number of likely N-dealkylation sites (tertiary alicyclic amines) is 3. The lowest BCUT2D eigenvalue weighted by Gasteiger charge is -2.13. The third-order valence-electron chi connectivity index (χ3n) is 19.4. The van der Waals surface area contributed by atoms with Gasteiger partial charge in [-0.1, -0.05) is 36.0 Å². The molecular weight excluding hydrogens is 1480 g/mol. The molecule has 3 aliphatic rings. The van der Waals surface area contributed by atoms with Gasteiger partial charge in [0.2, 0.25) is 29.2 Å². The summed E-state index contributed by atoms with van der Waals surface area (Å²) < 4.78 is 98.6. The number of ether oxygens (including phenoxy) is 9. The van der Waals surface area contributed by atoms with Crippen molar-refractivity contribution in [2.75, 3.05) is 74.3 Å². The molecule has 12 aromatic rings. The van der Waals surface area contributed by atoms with Crippen molar-refractivity contribution in [2.45, 2.75) is 78.2 Å². The van der Waals surface area contributed by atoms with E-state index in [1.165, 1.54) is 52.5 Å². The van der Waals surface area contributed by atoms with Gasteiger partial charge in [-0.15, -0.1) is 0 Å². The van der Waals surface area contributed by atoms with E-state index in [0.717, 1.165) is 64.5 Å². The zero-order chi connectivity index (χ0) is 80.8. The van der Waals surface area contributed by atoms with Crippen molar-refractivity contribution in [3.8, 4) is 133 Å². The van der Waals surface area contributed by atoms with Crippen LogP contribution in [0, 0.1) is 53.0 Å². The summed E-state index contributed by atoms with van der Waals surface area (Å²) in [5.74, 6) is 18.4. The second-order valence-electron chi connectivity index (χ2n) is 26.4. The molecule has 3 amide bonds. The Labute approximate surface area is 660 Å². The molecule has 6 aromatic carbocycles. The van der Waals surface area contributed by atoms with Crippen molar-refractivity contribution < 1.29 is 75.0 Å². The minimum atomic E-state index is -0.589. The topological polar surface area (TPSA) is 252 Å². The molecule has 3 saturated heterocycles. The molecule has 115 heavy (non-hydrogen) atoms. The Balaban J connectivity index is 0.000000150. The van der Waals surface area contributed by atoms with E-state index < -0.39 is 23.4 Å². The Kier molecular flexibility index (Phi) is 24.7. The molecule has 15 rings (SSSR count). The average Bonchev–Trinajstić information content (AvgIpc) is 1.62. The van der Waals surface area contributed by atoms with Gasteiger partial charge in [-0.2, -0.15) is 13.2 Å². The van der Waals surface area contributed by atoms with Crippen LogP contribution in [0.1, 0.15) is 94.8 Å². The van der Waals surface area contributed by atoms with Crippen LogP contribution in [0.5, 0.6) is 63.5 Å². The van der Waals surface area contributed by atoms with Crippen LogP contribution < -0.4 is 37.9 Å². The molecule has 3 aliphatic heterocycles. The maximum Gasteiger partial charge on any atom is 0.303 e. The number of aromatic nitrogens is 9. The van der Waals surface area contributed by atoms with Crippen molar-refractivity contribution in [1.82, 2.24) is 57.8 Å². The second kappa shape index (κ2) is 36.0. The van der Waals surface area contributed by atoms with Crippen molar-refractivity contribution in [3.63, 3.8) is 0 Å². The standard InChI is InChI=1S/C30H27FN4O5.C29H27FN4O4.C28H25FN4O4/c1-4-6-26(37)34-15-13-21(17-34)30-33-28(29-23(18-39-19(2)36)32-14-16-35(29)30)20-9-11-22(12-10-20)40-25-8-5-7-24(38-3)27(25)31;1-4-7-24(35)33-16-14-20(18-33)28-32-26(27-29(37-5-2)31-15-17-34(27)28)19-10-12-21(13-11-19)38-23-9-6-8-22(36-3)25(23)30;1-4-6-23(34)32-15-13-19(17-32)27-31-25(26-28(36-3)30-14-16-33(26)27)18-9-11-20(12-10-18)37-22-8-5-7-21(35-2)24(22)29/h5,7-12,14,16,21H,13,15,17-18H2,1-3H3;6,8-13,15,17,20H,5,14,16,18H2,1-3H3;5,7-12,14,16,19H,13,15,17H2,1-3H3/t21-;20-;19-/m111/s1. The van der Waals surface area contributed by atoms with Crippen LogP contribution >= 0.6 is 0 Å². The molecule has 3 atom stereocenters. The number of halogens is 3. The smallest absolute Gasteiger partial charge is 0.303 e. The molecular formula is C87H79F3N12O13. The Hall–Kier alpha value is -14.1. The summed E-state index contributed by atoms with van der Waals surface area (Å²) in [5, 5.41) is 0. The second-order valence-corrected chi connectivity index (χ2v) is 26.4. The molecule has 3 fully saturated rings. The molecule has 28 heteroatoms. The highest BCUT2D eigenvalue weighted by molar-refractivity contribution is 5.95. The van der Waals surface area contributed by atoms with Crippen LogP contribution in [0.2, 0.25) is 0 Å². The minimum Gasteiger partial charge on any atom is -0.494 e. The largest absolute Gasteiger partial charge is 0.494 e. The van der Waals surface area contributed by atoms with Crippen LogP contribution in [0.15, 0.2) is 165 Å². The lowest BCUT2D eigenvalue weighted by molar-refractivity contribution is -0.142. The number of methoxy groups -OCH3 is 4. The van der Waals surface area contributed by atoms with E-state index in [-0.39, 0.29) is 76.6 Å². The van der Waals surface area contributed by atoms with Gasteiger partial charge in [-0.3, -0.25) is 37.4 Å². The van der Waals surface area contributed by atoms with Gasteiger partial charge in [-0.25, -0.2) is 24.9 Å². The van der Waals surface area contributed by atoms with Gasteiger partial charge in [0, 0.05) is 118 Å². The third-order valence-corrected chi connectivity index (χ3v) is 19.4. The fraction of sp³-hybridized carbons (Fsp3) is 0.264. The Morgan fingerprint density at radius 3 is 1.10 bits per heavy atom. The fourth-order valence-corrected chi connectivity index (χ4v) is 14.0. The molecule has 0 saturated carbocycles. The number of carbonyl (C=O) groups is 4. The number of carbonyl (C=O) groups excluding carboxylic acids is 4. The summed E-state index contributed by atoms with van der Waals surface area (Å²) in [6.45, 7) is 12.0. The van der Waals surface area contributed by atoms with Crippen LogP contribution in [0.3, 0.4) is 0 Å². The van der Waals surface area contributed by atoms with Crippen LogP contribution in [-0.2, 0) is 30.5 Å². The molecule has 0 radical (unpaired) electrons. The number of nitrogens with zero attached hydrogens (tertiary/aromatic N) is 12. The normalized spacial score (nSPS) is 14.7. The predicted molar refractivity (Wildman–Crippen MR) is 420 cm³/mol. The van der Waals surface area contributed by atoms with Gasteiger partial charge < -0.3 is 57.3 Å². The summed E-state index contributed by atoms with van der Waals surface area (Å²) in [6, 6.07) is 35.7. The average molecular weight is 1560 g/mol. The number of hydrogen-bond donors (Lipinski definition) is 0. The summed E-state index contributed by atoms with van der Waals surface area (Å²) in [7, 11) is 5.78. The van der Waals surface area contributed by atoms with Crippen molar-refractivity contribution in [3.05, 3.63) is 205 Å². The highest BCUT2D eigenvalue weighted by Gasteiger charge is 2.35. The van der Waals surface area contributed by atoms with E-state index in [1.807, 2.05) is 75.1 Å². The molecule has 25 nitrogen and oxygen atoms in total. The Morgan fingerprint density at radius 1 is 0.435 bits per heavy atom. The molecule has 0 bridgehead atoms. The number of amides is 3. The van der Waals surface area contributed by atoms with E-state index >= 15 is 0 Å². The molecule has 9 heterocycles. The van der Waals surface area contributed by atoms with E-state index in [0.29, 0.717) is 103 Å². The number of esters is 1. The first kappa shape index (κ1) is 79.0. The van der Waals surface area contributed by atoms with Gasteiger partial charge in [0.05, 0.1) is 46.3 Å². The quantitative estimate of drug-likeness (QED) is 0.0508. The Morgan fingerprint density at radius 2 is 0.765 bits per heavy atom. The van der Waals surface area contributed by atoms with Gasteiger partial charge in [0.25, 0.3) is 17.7 Å². The molecule has 0 unspecified atom stereocenters. The highest BCUT2D eigenvalue weighted by atomic mass is 19.1. The van der Waals surface area contributed by atoms with Gasteiger partial charge in [0.15, 0.2) is 34.5 Å². The number of benzene rings is 6. The number of fused-ring (bicyclic) bond motifs is 3. The fourth-order valence-electron chi connectivity index (χ4n) is 14.0. The van der Waals surface area contributed by atoms with E-state index in [1.54, 1.807) is 128 Å². The summed E-state index contributed by atoms with van der Waals surface area (Å²) >= 11 is 0. The molecule has 0 spiro atoms. The third kappa shape index (κ3) is 17.2. The first-order valence-corrected chi connectivity index (χ1v) is 36.8. The van der Waals surface area contributed by atoms with Crippen LogP contribution in [-0.4, -0.2) is 156 Å². The minimum absolute atomic E-state index is 0.0184. The van der Waals surface area contributed by atoms with E-state index in [2.05, 4.69) is 50.5 Å². The zero-order valence-electron chi connectivity index (χ0n) is 64.4. The molecule has 6 aromatic heterocycles. The summed E-state index contributed by atoms with van der Waals surface area (Å²) in [5.41, 5.74) is 7.16. The molecule has 586 valence electrons.